The Labute approximate surface area is 77.9 Å². The highest BCUT2D eigenvalue weighted by atomic mass is 16.6. The Bertz CT molecular complexity index is 417. The molecular weight excluding hydrogens is 190 g/mol. The quantitative estimate of drug-likeness (QED) is 0.514. The number of nitro groups is 1. The molecule has 2 heterocycles. The second-order valence-corrected chi connectivity index (χ2v) is 2.63. The monoisotopic (exact) mass is 195 g/mol. The molecule has 14 heavy (non-hydrogen) atoms. The van der Waals surface area contributed by atoms with E-state index in [1.807, 2.05) is 0 Å². The van der Waals surface area contributed by atoms with Crippen LogP contribution >= 0.6 is 0 Å². The molecule has 0 aromatic carbocycles. The van der Waals surface area contributed by atoms with Crippen molar-refractivity contribution in [3.05, 3.63) is 22.4 Å². The third-order valence-electron chi connectivity index (χ3n) is 1.67. The molecule has 7 heteroatoms. The summed E-state index contributed by atoms with van der Waals surface area (Å²) in [6.07, 6.45) is 1.06. The molecule has 1 aliphatic rings. The molecule has 1 amide bonds. The van der Waals surface area contributed by atoms with E-state index in [9.17, 15) is 14.9 Å². The maximum atomic E-state index is 10.8. The maximum Gasteiger partial charge on any atom is 0.291 e. The molecule has 0 bridgehead atoms. The predicted molar refractivity (Wildman–Crippen MR) is 45.0 cm³/mol. The van der Waals surface area contributed by atoms with Gasteiger partial charge in [-0.05, 0) is 0 Å². The Morgan fingerprint density at radius 1 is 1.64 bits per heavy atom. The number of hydrogen-bond acceptors (Lipinski definition) is 5. The van der Waals surface area contributed by atoms with Gasteiger partial charge in [-0.15, -0.1) is 0 Å². The van der Waals surface area contributed by atoms with Crippen LogP contribution in [0.1, 0.15) is 0 Å². The number of nitrogens with one attached hydrogen (secondary N) is 1. The van der Waals surface area contributed by atoms with E-state index in [0.29, 0.717) is 0 Å². The predicted octanol–water partition coefficient (Wildman–Crippen LogP) is 0.321. The second-order valence-electron chi connectivity index (χ2n) is 2.63. The van der Waals surface area contributed by atoms with Gasteiger partial charge in [0.2, 0.25) is 0 Å². The minimum Gasteiger partial charge on any atom is -0.480 e. The summed E-state index contributed by atoms with van der Waals surface area (Å²) in [5, 5.41) is 12.8. The number of amides is 1. The van der Waals surface area contributed by atoms with E-state index in [-0.39, 0.29) is 29.8 Å². The van der Waals surface area contributed by atoms with Gasteiger partial charge in [-0.3, -0.25) is 14.9 Å². The summed E-state index contributed by atoms with van der Waals surface area (Å²) in [5.74, 6) is 0.115. The number of anilines is 1. The number of rotatable bonds is 1. The normalized spacial score (nSPS) is 13.9. The summed E-state index contributed by atoms with van der Waals surface area (Å²) >= 11 is 0. The van der Waals surface area contributed by atoms with Gasteiger partial charge in [-0.1, -0.05) is 0 Å². The Hall–Kier alpha value is -2.18. The van der Waals surface area contributed by atoms with Gasteiger partial charge in [0, 0.05) is 0 Å². The number of carbonyl (C=O) groups is 1. The average molecular weight is 195 g/mol. The van der Waals surface area contributed by atoms with Gasteiger partial charge in [-0.2, -0.15) is 0 Å². The molecule has 0 saturated heterocycles. The van der Waals surface area contributed by atoms with Crippen LogP contribution in [0.15, 0.2) is 12.3 Å². The number of carbonyl (C=O) groups excluding carboxylic acids is 1. The summed E-state index contributed by atoms with van der Waals surface area (Å²) in [6.45, 7) is -0.143. The van der Waals surface area contributed by atoms with Gasteiger partial charge in [0.15, 0.2) is 18.2 Å². The highest BCUT2D eigenvalue weighted by Gasteiger charge is 2.20. The van der Waals surface area contributed by atoms with Crippen molar-refractivity contribution in [2.24, 2.45) is 0 Å². The van der Waals surface area contributed by atoms with Crippen molar-refractivity contribution < 1.29 is 14.5 Å². The Balaban J connectivity index is 2.41. The third kappa shape index (κ3) is 1.35. The number of hydrogen-bond donors (Lipinski definition) is 1. The molecule has 0 aliphatic carbocycles. The van der Waals surface area contributed by atoms with E-state index in [1.165, 1.54) is 6.07 Å². The molecule has 1 N–H and O–H groups in total. The van der Waals surface area contributed by atoms with Crippen molar-refractivity contribution in [1.29, 1.82) is 0 Å². The smallest absolute Gasteiger partial charge is 0.291 e. The van der Waals surface area contributed by atoms with Crippen LogP contribution in [0.25, 0.3) is 0 Å². The van der Waals surface area contributed by atoms with Crippen LogP contribution in [-0.2, 0) is 4.79 Å². The lowest BCUT2D eigenvalue weighted by atomic mass is 10.3. The second kappa shape index (κ2) is 2.95. The van der Waals surface area contributed by atoms with Crippen molar-refractivity contribution in [3.63, 3.8) is 0 Å². The van der Waals surface area contributed by atoms with Crippen LogP contribution in [0.5, 0.6) is 5.75 Å². The van der Waals surface area contributed by atoms with E-state index in [4.69, 9.17) is 4.74 Å². The van der Waals surface area contributed by atoms with Gasteiger partial charge in [0.05, 0.1) is 11.0 Å². The fourth-order valence-electron chi connectivity index (χ4n) is 1.05. The zero-order valence-electron chi connectivity index (χ0n) is 6.89. The van der Waals surface area contributed by atoms with Gasteiger partial charge in [0.1, 0.15) is 6.20 Å². The first-order valence-corrected chi connectivity index (χ1v) is 3.74. The molecule has 0 radical (unpaired) electrons. The summed E-state index contributed by atoms with van der Waals surface area (Å²) in [6, 6.07) is 1.22. The van der Waals surface area contributed by atoms with Crippen molar-refractivity contribution in [2.45, 2.75) is 0 Å². The SMILES string of the molecule is O=C1COc2cc([N+](=O)[O-])cnc2N1. The highest BCUT2D eigenvalue weighted by molar-refractivity contribution is 5.94. The summed E-state index contributed by atoms with van der Waals surface area (Å²) in [4.78, 5) is 24.3. The first-order chi connectivity index (χ1) is 6.66. The molecule has 0 atom stereocenters. The van der Waals surface area contributed by atoms with Crippen LogP contribution in [0.3, 0.4) is 0 Å². The molecule has 0 fully saturated rings. The van der Waals surface area contributed by atoms with E-state index >= 15 is 0 Å². The molecule has 7 nitrogen and oxygen atoms in total. The number of aromatic nitrogens is 1. The van der Waals surface area contributed by atoms with E-state index < -0.39 is 4.92 Å². The number of pyridine rings is 1. The van der Waals surface area contributed by atoms with Crippen LogP contribution in [0.2, 0.25) is 0 Å². The first-order valence-electron chi connectivity index (χ1n) is 3.74. The maximum absolute atomic E-state index is 10.8. The van der Waals surface area contributed by atoms with Crippen molar-refractivity contribution in [2.75, 3.05) is 11.9 Å². The fraction of sp³-hybridized carbons (Fsp3) is 0.143. The van der Waals surface area contributed by atoms with Gasteiger partial charge in [0.25, 0.3) is 11.6 Å². The van der Waals surface area contributed by atoms with Crippen molar-refractivity contribution in [3.8, 4) is 5.75 Å². The molecule has 1 aromatic rings. The zero-order chi connectivity index (χ0) is 10.1. The lowest BCUT2D eigenvalue weighted by molar-refractivity contribution is -0.385. The fourth-order valence-corrected chi connectivity index (χ4v) is 1.05. The third-order valence-corrected chi connectivity index (χ3v) is 1.67. The number of nitrogens with zero attached hydrogens (tertiary/aromatic N) is 2. The molecule has 1 aromatic heterocycles. The molecule has 0 saturated carbocycles. The highest BCUT2D eigenvalue weighted by Crippen LogP contribution is 2.28. The summed E-state index contributed by atoms with van der Waals surface area (Å²) in [7, 11) is 0. The van der Waals surface area contributed by atoms with Gasteiger partial charge >= 0.3 is 0 Å². The van der Waals surface area contributed by atoms with Crippen LogP contribution in [0, 0.1) is 10.1 Å². The molecule has 0 unspecified atom stereocenters. The van der Waals surface area contributed by atoms with Gasteiger partial charge in [-0.25, -0.2) is 4.98 Å². The lowest BCUT2D eigenvalue weighted by Gasteiger charge is -2.15. The van der Waals surface area contributed by atoms with E-state index in [1.54, 1.807) is 0 Å². The Morgan fingerprint density at radius 2 is 2.43 bits per heavy atom. The standard InChI is InChI=1S/C7H5N3O4/c11-6-3-14-5-1-4(10(12)13)2-8-7(5)9-6/h1-2H,3H2,(H,8,9,11). The van der Waals surface area contributed by atoms with Crippen molar-refractivity contribution >= 4 is 17.4 Å². The van der Waals surface area contributed by atoms with Crippen LogP contribution in [-0.4, -0.2) is 22.4 Å². The largest absolute Gasteiger partial charge is 0.480 e. The van der Waals surface area contributed by atoms with E-state index in [0.717, 1.165) is 6.20 Å². The first kappa shape index (κ1) is 8.42. The molecule has 72 valence electrons. The minimum atomic E-state index is -0.576. The lowest BCUT2D eigenvalue weighted by Crippen LogP contribution is -2.26. The van der Waals surface area contributed by atoms with E-state index in [2.05, 4.69) is 10.3 Å². The molecule has 1 aliphatic heterocycles. The minimum absolute atomic E-state index is 0.143. The molecule has 2 rings (SSSR count). The molecule has 0 spiro atoms. The van der Waals surface area contributed by atoms with Crippen LogP contribution in [0.4, 0.5) is 11.5 Å². The topological polar surface area (TPSA) is 94.4 Å². The number of ether oxygens (including phenoxy) is 1. The summed E-state index contributed by atoms with van der Waals surface area (Å²) < 4.78 is 4.95. The Morgan fingerprint density at radius 3 is 3.14 bits per heavy atom. The zero-order valence-corrected chi connectivity index (χ0v) is 6.89. The number of fused-ring (bicyclic) bond motifs is 1. The Kier molecular flexibility index (Phi) is 1.77. The van der Waals surface area contributed by atoms with Crippen molar-refractivity contribution in [1.82, 2.24) is 4.98 Å². The van der Waals surface area contributed by atoms with Gasteiger partial charge < -0.3 is 10.1 Å². The average Bonchev–Trinajstić information content (AvgIpc) is 2.16. The van der Waals surface area contributed by atoms with Crippen LogP contribution < -0.4 is 10.1 Å². The summed E-state index contributed by atoms with van der Waals surface area (Å²) in [5.41, 5.74) is -0.167. The molecular formula is C7H5N3O4.